The van der Waals surface area contributed by atoms with Crippen LogP contribution in [0, 0.1) is 23.7 Å². The number of nitrogens with zero attached hydrogens (tertiary/aromatic N) is 2. The number of hydrogen-bond donors (Lipinski definition) is 1. The molecule has 0 atom stereocenters. The van der Waals surface area contributed by atoms with Crippen molar-refractivity contribution in [2.45, 2.75) is 51.0 Å². The lowest BCUT2D eigenvalue weighted by Gasteiger charge is -2.65. The Balaban J connectivity index is 1.52. The highest BCUT2D eigenvalue weighted by Gasteiger charge is 2.58. The van der Waals surface area contributed by atoms with Crippen molar-refractivity contribution in [2.24, 2.45) is 29.4 Å². The molecule has 0 aromatic rings. The summed E-state index contributed by atoms with van der Waals surface area (Å²) in [6, 6.07) is 0. The maximum atomic E-state index is 6.46. The molecule has 5 rings (SSSR count). The fourth-order valence-corrected chi connectivity index (χ4v) is 6.68. The van der Waals surface area contributed by atoms with Gasteiger partial charge >= 0.3 is 0 Å². The molecule has 4 aliphatic carbocycles. The van der Waals surface area contributed by atoms with Crippen LogP contribution in [-0.2, 0) is 0 Å². The summed E-state index contributed by atoms with van der Waals surface area (Å²) in [6.45, 7) is 9.55. The third-order valence-corrected chi connectivity index (χ3v) is 7.38. The number of piperazine rings is 1. The first-order valence-corrected chi connectivity index (χ1v) is 9.43. The predicted molar refractivity (Wildman–Crippen MR) is 87.1 cm³/mol. The first-order valence-electron chi connectivity index (χ1n) is 9.43. The molecule has 4 bridgehead atoms. The maximum absolute atomic E-state index is 6.46. The molecule has 1 aliphatic heterocycles. The van der Waals surface area contributed by atoms with Crippen LogP contribution in [0.3, 0.4) is 0 Å². The van der Waals surface area contributed by atoms with E-state index in [-0.39, 0.29) is 0 Å². The Morgan fingerprint density at radius 1 is 0.905 bits per heavy atom. The molecular weight excluding hydrogens is 258 g/mol. The zero-order chi connectivity index (χ0) is 14.4. The van der Waals surface area contributed by atoms with Gasteiger partial charge in [0, 0.05) is 38.3 Å². The van der Waals surface area contributed by atoms with Crippen LogP contribution in [0.15, 0.2) is 0 Å². The minimum absolute atomic E-state index is 0.381. The third kappa shape index (κ3) is 2.19. The van der Waals surface area contributed by atoms with Crippen molar-refractivity contribution in [3.8, 4) is 0 Å². The van der Waals surface area contributed by atoms with Crippen molar-refractivity contribution in [2.75, 3.05) is 39.3 Å². The van der Waals surface area contributed by atoms with Gasteiger partial charge in [0.2, 0.25) is 0 Å². The molecule has 0 aromatic heterocycles. The van der Waals surface area contributed by atoms with Crippen molar-refractivity contribution in [3.05, 3.63) is 0 Å². The first kappa shape index (κ1) is 14.5. The standard InChI is InChI=1S/C18H33N3/c1-2-3-20-4-6-21(7-5-20)18(13-19)16-9-14-8-15(11-16)12-17(18)10-14/h14-17H,2-13,19H2,1H3. The zero-order valence-electron chi connectivity index (χ0n) is 13.8. The molecule has 1 saturated heterocycles. The molecule has 2 N–H and O–H groups in total. The van der Waals surface area contributed by atoms with E-state index in [9.17, 15) is 0 Å². The van der Waals surface area contributed by atoms with Gasteiger partial charge in [-0.05, 0) is 68.7 Å². The molecule has 1 heterocycles. The van der Waals surface area contributed by atoms with E-state index in [4.69, 9.17) is 5.73 Å². The van der Waals surface area contributed by atoms with Crippen LogP contribution >= 0.6 is 0 Å². The zero-order valence-corrected chi connectivity index (χ0v) is 13.8. The maximum Gasteiger partial charge on any atom is 0.0389 e. The van der Waals surface area contributed by atoms with Gasteiger partial charge in [-0.2, -0.15) is 0 Å². The van der Waals surface area contributed by atoms with Crippen LogP contribution in [0.2, 0.25) is 0 Å². The normalized spacial score (nSPS) is 47.1. The number of rotatable bonds is 4. The molecule has 0 amide bonds. The van der Waals surface area contributed by atoms with Gasteiger partial charge in [0.05, 0.1) is 0 Å². The van der Waals surface area contributed by atoms with Crippen LogP contribution in [0.4, 0.5) is 0 Å². The van der Waals surface area contributed by atoms with Crippen molar-refractivity contribution >= 4 is 0 Å². The van der Waals surface area contributed by atoms with Crippen LogP contribution in [-0.4, -0.2) is 54.6 Å². The van der Waals surface area contributed by atoms with E-state index in [2.05, 4.69) is 16.7 Å². The smallest absolute Gasteiger partial charge is 0.0389 e. The van der Waals surface area contributed by atoms with E-state index in [1.165, 1.54) is 71.2 Å². The molecule has 0 unspecified atom stereocenters. The summed E-state index contributed by atoms with van der Waals surface area (Å²) in [7, 11) is 0. The monoisotopic (exact) mass is 291 g/mol. The number of hydrogen-bond acceptors (Lipinski definition) is 3. The van der Waals surface area contributed by atoms with Gasteiger partial charge < -0.3 is 10.6 Å². The van der Waals surface area contributed by atoms with Gasteiger partial charge in [0.25, 0.3) is 0 Å². The minimum atomic E-state index is 0.381. The van der Waals surface area contributed by atoms with E-state index in [0.717, 1.165) is 30.2 Å². The topological polar surface area (TPSA) is 32.5 Å². The molecule has 4 saturated carbocycles. The highest BCUT2D eigenvalue weighted by atomic mass is 15.3. The second-order valence-corrected chi connectivity index (χ2v) is 8.33. The average molecular weight is 291 g/mol. The molecule has 5 fully saturated rings. The van der Waals surface area contributed by atoms with Crippen molar-refractivity contribution in [1.29, 1.82) is 0 Å². The molecule has 0 aromatic carbocycles. The van der Waals surface area contributed by atoms with E-state index < -0.39 is 0 Å². The summed E-state index contributed by atoms with van der Waals surface area (Å²) >= 11 is 0. The SMILES string of the molecule is CCCN1CCN(C2(CN)C3CC4CC(C3)CC2C4)CC1. The molecule has 3 nitrogen and oxygen atoms in total. The van der Waals surface area contributed by atoms with Gasteiger partial charge in [-0.25, -0.2) is 0 Å². The molecule has 0 spiro atoms. The van der Waals surface area contributed by atoms with E-state index in [1.807, 2.05) is 0 Å². The van der Waals surface area contributed by atoms with Crippen LogP contribution in [0.25, 0.3) is 0 Å². The van der Waals surface area contributed by atoms with Gasteiger partial charge in [-0.15, -0.1) is 0 Å². The summed E-state index contributed by atoms with van der Waals surface area (Å²) in [4.78, 5) is 5.50. The quantitative estimate of drug-likeness (QED) is 0.861. The van der Waals surface area contributed by atoms with Crippen LogP contribution in [0.1, 0.15) is 45.4 Å². The summed E-state index contributed by atoms with van der Waals surface area (Å²) < 4.78 is 0. The molecular formula is C18H33N3. The highest BCUT2D eigenvalue weighted by Crippen LogP contribution is 2.59. The predicted octanol–water partition coefficient (Wildman–Crippen LogP) is 2.17. The van der Waals surface area contributed by atoms with E-state index >= 15 is 0 Å². The van der Waals surface area contributed by atoms with Crippen molar-refractivity contribution in [3.63, 3.8) is 0 Å². The summed E-state index contributed by atoms with van der Waals surface area (Å²) in [5.41, 5.74) is 6.84. The molecule has 3 heteroatoms. The molecule has 120 valence electrons. The summed E-state index contributed by atoms with van der Waals surface area (Å²) in [5, 5.41) is 0. The second-order valence-electron chi connectivity index (χ2n) is 8.33. The van der Waals surface area contributed by atoms with Crippen molar-refractivity contribution in [1.82, 2.24) is 9.80 Å². The molecule has 0 radical (unpaired) electrons. The Morgan fingerprint density at radius 2 is 1.48 bits per heavy atom. The van der Waals surface area contributed by atoms with Gasteiger partial charge in [0.1, 0.15) is 0 Å². The highest BCUT2D eigenvalue weighted by molar-refractivity contribution is 5.13. The van der Waals surface area contributed by atoms with E-state index in [0.29, 0.717) is 5.54 Å². The van der Waals surface area contributed by atoms with Gasteiger partial charge in [-0.3, -0.25) is 4.90 Å². The lowest BCUT2D eigenvalue weighted by molar-refractivity contribution is -0.140. The van der Waals surface area contributed by atoms with Crippen molar-refractivity contribution < 1.29 is 0 Å². The fourth-order valence-electron chi connectivity index (χ4n) is 6.68. The summed E-state index contributed by atoms with van der Waals surface area (Å²) in [6.07, 6.45) is 8.77. The first-order chi connectivity index (χ1) is 10.3. The Labute approximate surface area is 130 Å². The fraction of sp³-hybridized carbons (Fsp3) is 1.00. The Bertz CT molecular complexity index is 345. The van der Waals surface area contributed by atoms with Crippen LogP contribution < -0.4 is 5.73 Å². The third-order valence-electron chi connectivity index (χ3n) is 7.38. The summed E-state index contributed by atoms with van der Waals surface area (Å²) in [5.74, 6) is 3.93. The number of nitrogens with two attached hydrogens (primary N) is 1. The lowest BCUT2D eigenvalue weighted by atomic mass is 9.48. The second kappa shape index (κ2) is 5.50. The minimum Gasteiger partial charge on any atom is -0.329 e. The Hall–Kier alpha value is -0.120. The average Bonchev–Trinajstić information content (AvgIpc) is 2.49. The Morgan fingerprint density at radius 3 is 1.95 bits per heavy atom. The van der Waals surface area contributed by atoms with Crippen LogP contribution in [0.5, 0.6) is 0 Å². The Kier molecular flexibility index (Phi) is 3.79. The van der Waals surface area contributed by atoms with E-state index in [1.54, 1.807) is 0 Å². The lowest BCUT2D eigenvalue weighted by Crippen LogP contribution is -2.71. The largest absolute Gasteiger partial charge is 0.329 e. The van der Waals surface area contributed by atoms with Gasteiger partial charge in [-0.1, -0.05) is 6.92 Å². The molecule has 5 aliphatic rings. The van der Waals surface area contributed by atoms with Gasteiger partial charge in [0.15, 0.2) is 0 Å². The molecule has 21 heavy (non-hydrogen) atoms.